The maximum absolute atomic E-state index is 9.77. The second-order valence-electron chi connectivity index (χ2n) is 6.16. The van der Waals surface area contributed by atoms with Crippen LogP contribution in [-0.4, -0.2) is 93.0 Å². The Morgan fingerprint density at radius 3 is 2.08 bits per heavy atom. The highest BCUT2D eigenvalue weighted by atomic mass is 16.8. The van der Waals surface area contributed by atoms with Crippen LogP contribution in [0.15, 0.2) is 0 Å². The van der Waals surface area contributed by atoms with E-state index in [0.29, 0.717) is 6.61 Å². The first-order valence-electron chi connectivity index (χ1n) is 7.65. The maximum atomic E-state index is 9.77. The fourth-order valence-electron chi connectivity index (χ4n) is 2.61. The van der Waals surface area contributed by atoms with E-state index >= 15 is 0 Å². The third kappa shape index (κ3) is 5.85. The number of hydrogen-bond acceptors (Lipinski definition) is 9. The molecule has 0 bridgehead atoms. The van der Waals surface area contributed by atoms with E-state index in [1.807, 2.05) is 13.8 Å². The van der Waals surface area contributed by atoms with Gasteiger partial charge in [-0.25, -0.2) is 9.59 Å². The van der Waals surface area contributed by atoms with Crippen molar-refractivity contribution in [2.75, 3.05) is 13.2 Å². The molecule has 0 spiro atoms. The van der Waals surface area contributed by atoms with Gasteiger partial charge in [0.05, 0.1) is 19.3 Å². The average Bonchev–Trinajstić information content (AvgIpc) is 2.98. The van der Waals surface area contributed by atoms with Crippen LogP contribution in [0.4, 0.5) is 0 Å². The zero-order valence-electron chi connectivity index (χ0n) is 13.9. The molecular weight excluding hydrogens is 342 g/mol. The zero-order chi connectivity index (χ0) is 19.4. The van der Waals surface area contributed by atoms with Crippen molar-refractivity contribution in [3.05, 3.63) is 0 Å². The quantitative estimate of drug-likeness (QED) is 0.291. The summed E-state index contributed by atoms with van der Waals surface area (Å²) in [7, 11) is 0. The Kier molecular flexibility index (Phi) is 7.68. The Balaban J connectivity index is 0.000000275. The largest absolute Gasteiger partial charge is 0.479 e. The van der Waals surface area contributed by atoms with E-state index in [-0.39, 0.29) is 31.0 Å². The maximum Gasteiger partial charge on any atom is 0.335 e. The van der Waals surface area contributed by atoms with Crippen molar-refractivity contribution in [1.29, 1.82) is 0 Å². The number of nitrogens with two attached hydrogens (primary N) is 1. The number of rotatable bonds is 6. The first-order chi connectivity index (χ1) is 11.5. The lowest BCUT2D eigenvalue weighted by Crippen LogP contribution is -2.39. The molecule has 1 saturated heterocycles. The molecule has 1 aliphatic heterocycles. The second-order valence-corrected chi connectivity index (χ2v) is 6.16. The number of fused-ring (bicyclic) bond motifs is 1. The minimum absolute atomic E-state index is 0.0212. The molecule has 0 amide bonds. The number of carbonyl (C=O) groups is 2. The lowest BCUT2D eigenvalue weighted by Gasteiger charge is -2.22. The molecule has 1 saturated carbocycles. The van der Waals surface area contributed by atoms with Crippen LogP contribution in [-0.2, 0) is 23.8 Å². The van der Waals surface area contributed by atoms with Gasteiger partial charge in [-0.05, 0) is 20.3 Å². The molecule has 0 radical (unpaired) electrons. The van der Waals surface area contributed by atoms with Crippen molar-refractivity contribution in [3.63, 3.8) is 0 Å². The normalized spacial score (nSPS) is 32.2. The summed E-state index contributed by atoms with van der Waals surface area (Å²) in [5.74, 6) is -4.11. The Bertz CT molecular complexity index is 453. The van der Waals surface area contributed by atoms with Gasteiger partial charge in [0, 0.05) is 6.04 Å². The first kappa shape index (κ1) is 21.7. The molecule has 146 valence electrons. The van der Waals surface area contributed by atoms with Gasteiger partial charge in [0.2, 0.25) is 0 Å². The number of carboxylic acid groups (broad SMARTS) is 2. The highest BCUT2D eigenvalue weighted by Gasteiger charge is 2.53. The monoisotopic (exact) mass is 367 g/mol. The van der Waals surface area contributed by atoms with E-state index < -0.39 is 29.9 Å². The van der Waals surface area contributed by atoms with Crippen LogP contribution in [0.3, 0.4) is 0 Å². The molecule has 1 heterocycles. The van der Waals surface area contributed by atoms with Crippen molar-refractivity contribution in [3.8, 4) is 0 Å². The Morgan fingerprint density at radius 2 is 1.64 bits per heavy atom. The van der Waals surface area contributed by atoms with Crippen LogP contribution in [0.1, 0.15) is 20.3 Å². The van der Waals surface area contributed by atoms with Gasteiger partial charge in [0.15, 0.2) is 18.0 Å². The average molecular weight is 367 g/mol. The van der Waals surface area contributed by atoms with Crippen LogP contribution in [0, 0.1) is 0 Å². The van der Waals surface area contributed by atoms with Gasteiger partial charge in [-0.15, -0.1) is 0 Å². The fourth-order valence-corrected chi connectivity index (χ4v) is 2.61. The smallest absolute Gasteiger partial charge is 0.335 e. The van der Waals surface area contributed by atoms with E-state index in [0.717, 1.165) is 6.42 Å². The summed E-state index contributed by atoms with van der Waals surface area (Å²) < 4.78 is 16.9. The molecule has 11 heteroatoms. The first-order valence-corrected chi connectivity index (χ1v) is 7.65. The number of ether oxygens (including phenoxy) is 3. The SMILES string of the molecule is CC1(C)O[C@@H]2[C@H](O1)[C@@H](OCCO)C[C@H]2N.O=C(O)C(O)C(O)C(=O)O. The summed E-state index contributed by atoms with van der Waals surface area (Å²) in [4.78, 5) is 19.5. The molecule has 2 fully saturated rings. The van der Waals surface area contributed by atoms with E-state index in [4.69, 9.17) is 45.5 Å². The van der Waals surface area contributed by atoms with Crippen LogP contribution in [0.2, 0.25) is 0 Å². The van der Waals surface area contributed by atoms with Gasteiger partial charge >= 0.3 is 11.9 Å². The minimum atomic E-state index is -2.27. The van der Waals surface area contributed by atoms with E-state index in [9.17, 15) is 9.59 Å². The molecule has 2 rings (SSSR count). The lowest BCUT2D eigenvalue weighted by molar-refractivity contribution is -0.168. The summed E-state index contributed by atoms with van der Waals surface area (Å²) in [6.45, 7) is 4.10. The van der Waals surface area contributed by atoms with E-state index in [1.165, 1.54) is 0 Å². The minimum Gasteiger partial charge on any atom is -0.479 e. The number of hydrogen-bond donors (Lipinski definition) is 6. The summed E-state index contributed by atoms with van der Waals surface area (Å²) in [5.41, 5.74) is 5.96. The number of aliphatic hydroxyl groups excluding tert-OH is 3. The molecule has 0 aromatic heterocycles. The molecule has 11 nitrogen and oxygen atoms in total. The standard InChI is InChI=1S/C10H19NO4.C4H6O6/c1-10(2)14-8-6(11)5-7(9(8)15-10)13-4-3-12;5-1(3(7)8)2(6)4(9)10/h6-9,12H,3-5,11H2,1-2H3;1-2,5-6H,(H,7,8)(H,9,10)/t6-,7+,8+,9-;/m1./s1. The Morgan fingerprint density at radius 1 is 1.16 bits per heavy atom. The highest BCUT2D eigenvalue weighted by Crippen LogP contribution is 2.38. The van der Waals surface area contributed by atoms with Crippen LogP contribution in [0.5, 0.6) is 0 Å². The second kappa shape index (κ2) is 8.85. The van der Waals surface area contributed by atoms with Crippen molar-refractivity contribution < 1.29 is 49.3 Å². The van der Waals surface area contributed by atoms with Gasteiger partial charge in [0.25, 0.3) is 0 Å². The third-order valence-electron chi connectivity index (χ3n) is 3.68. The van der Waals surface area contributed by atoms with Gasteiger partial charge < -0.3 is 45.5 Å². The molecule has 0 aromatic carbocycles. The highest BCUT2D eigenvalue weighted by molar-refractivity contribution is 5.83. The third-order valence-corrected chi connectivity index (χ3v) is 3.68. The molecule has 6 atom stereocenters. The fraction of sp³-hybridized carbons (Fsp3) is 0.857. The van der Waals surface area contributed by atoms with Crippen LogP contribution in [0.25, 0.3) is 0 Å². The zero-order valence-corrected chi connectivity index (χ0v) is 13.9. The summed E-state index contributed by atoms with van der Waals surface area (Å²) in [6, 6.07) is -0.0412. The predicted octanol–water partition coefficient (Wildman–Crippen LogP) is -2.51. The molecule has 2 aliphatic rings. The van der Waals surface area contributed by atoms with Crippen molar-refractivity contribution in [2.24, 2.45) is 5.73 Å². The number of aliphatic carboxylic acids is 2. The van der Waals surface area contributed by atoms with Gasteiger partial charge in [0.1, 0.15) is 12.2 Å². The lowest BCUT2D eigenvalue weighted by atomic mass is 10.2. The topological polar surface area (TPSA) is 189 Å². The van der Waals surface area contributed by atoms with E-state index in [2.05, 4.69) is 0 Å². The van der Waals surface area contributed by atoms with Crippen LogP contribution < -0.4 is 5.73 Å². The van der Waals surface area contributed by atoms with Crippen molar-refractivity contribution in [1.82, 2.24) is 0 Å². The number of aliphatic hydroxyl groups is 3. The van der Waals surface area contributed by atoms with Crippen molar-refractivity contribution in [2.45, 2.75) is 62.6 Å². The Hall–Kier alpha value is -1.34. The van der Waals surface area contributed by atoms with Gasteiger partial charge in [-0.3, -0.25) is 0 Å². The number of carboxylic acids is 2. The summed E-state index contributed by atoms with van der Waals surface area (Å²) in [6.07, 6.45) is -4.04. The summed E-state index contributed by atoms with van der Waals surface area (Å²) in [5, 5.41) is 41.2. The summed E-state index contributed by atoms with van der Waals surface area (Å²) >= 11 is 0. The predicted molar refractivity (Wildman–Crippen MR) is 80.5 cm³/mol. The van der Waals surface area contributed by atoms with Gasteiger partial charge in [-0.2, -0.15) is 0 Å². The molecule has 7 N–H and O–H groups in total. The van der Waals surface area contributed by atoms with E-state index in [1.54, 1.807) is 0 Å². The Labute approximate surface area is 143 Å². The molecule has 2 unspecified atom stereocenters. The van der Waals surface area contributed by atoms with Crippen molar-refractivity contribution >= 4 is 11.9 Å². The molecule has 0 aromatic rings. The van der Waals surface area contributed by atoms with Crippen LogP contribution >= 0.6 is 0 Å². The molecule has 25 heavy (non-hydrogen) atoms. The molecule has 1 aliphatic carbocycles. The van der Waals surface area contributed by atoms with Gasteiger partial charge in [-0.1, -0.05) is 0 Å². The molecular formula is C14H25NO10.